The van der Waals surface area contributed by atoms with Gasteiger partial charge in [-0.05, 0) is 30.3 Å². The van der Waals surface area contributed by atoms with Gasteiger partial charge in [-0.3, -0.25) is 20.1 Å². The summed E-state index contributed by atoms with van der Waals surface area (Å²) < 4.78 is 13.5. The van der Waals surface area contributed by atoms with Gasteiger partial charge in [0.2, 0.25) is 0 Å². The molecule has 6 aromatic heterocycles. The molecule has 6 rings (SSSR count). The fourth-order valence-electron chi connectivity index (χ4n) is 3.46. The average molecular weight is 413 g/mol. The SMILES string of the molecule is Fc1ccc(-c2cncc3[nH]c(-c4n[nH]c5cnc(-c6ccncc6)cc45)nc23)s1. The molecule has 0 aliphatic heterocycles. The van der Waals surface area contributed by atoms with Crippen LogP contribution in [0.15, 0.2) is 61.3 Å². The van der Waals surface area contributed by atoms with Crippen LogP contribution in [0.3, 0.4) is 0 Å². The van der Waals surface area contributed by atoms with Crippen molar-refractivity contribution in [2.75, 3.05) is 0 Å². The van der Waals surface area contributed by atoms with E-state index >= 15 is 0 Å². The lowest BCUT2D eigenvalue weighted by Gasteiger charge is -2.00. The number of nitrogens with zero attached hydrogens (tertiary/aromatic N) is 5. The number of nitrogens with one attached hydrogen (secondary N) is 2. The Hall–Kier alpha value is -3.98. The number of hydrogen-bond donors (Lipinski definition) is 2. The highest BCUT2D eigenvalue weighted by atomic mass is 32.1. The highest BCUT2D eigenvalue weighted by Crippen LogP contribution is 2.34. The van der Waals surface area contributed by atoms with E-state index < -0.39 is 0 Å². The predicted molar refractivity (Wildman–Crippen MR) is 113 cm³/mol. The lowest BCUT2D eigenvalue weighted by atomic mass is 10.1. The maximum absolute atomic E-state index is 13.5. The summed E-state index contributed by atoms with van der Waals surface area (Å²) in [4.78, 5) is 21.7. The van der Waals surface area contributed by atoms with Gasteiger partial charge in [0.05, 0.1) is 29.1 Å². The van der Waals surface area contributed by atoms with Crippen LogP contribution in [-0.4, -0.2) is 35.1 Å². The van der Waals surface area contributed by atoms with E-state index in [1.165, 1.54) is 6.07 Å². The maximum atomic E-state index is 13.5. The molecule has 144 valence electrons. The number of fused-ring (bicyclic) bond motifs is 2. The van der Waals surface area contributed by atoms with E-state index in [4.69, 9.17) is 4.98 Å². The van der Waals surface area contributed by atoms with Gasteiger partial charge in [0.15, 0.2) is 11.0 Å². The molecule has 0 aliphatic carbocycles. The molecule has 30 heavy (non-hydrogen) atoms. The molecule has 0 saturated carbocycles. The second-order valence-electron chi connectivity index (χ2n) is 6.70. The van der Waals surface area contributed by atoms with Crippen LogP contribution in [0.25, 0.3) is 55.2 Å². The van der Waals surface area contributed by atoms with Crippen LogP contribution in [0.5, 0.6) is 0 Å². The van der Waals surface area contributed by atoms with E-state index in [2.05, 4.69) is 30.1 Å². The topological polar surface area (TPSA) is 96.0 Å². The third-order valence-electron chi connectivity index (χ3n) is 4.88. The van der Waals surface area contributed by atoms with Crippen LogP contribution in [-0.2, 0) is 0 Å². The minimum Gasteiger partial charge on any atom is -0.335 e. The second kappa shape index (κ2) is 6.53. The molecule has 0 bridgehead atoms. The fraction of sp³-hybridized carbons (Fsp3) is 0. The quantitative estimate of drug-likeness (QED) is 0.433. The monoisotopic (exact) mass is 413 g/mol. The van der Waals surface area contributed by atoms with Crippen LogP contribution in [0.4, 0.5) is 4.39 Å². The van der Waals surface area contributed by atoms with Crippen LogP contribution < -0.4 is 0 Å². The van der Waals surface area contributed by atoms with Crippen LogP contribution in [0.1, 0.15) is 0 Å². The van der Waals surface area contributed by atoms with Crippen molar-refractivity contribution in [1.29, 1.82) is 0 Å². The summed E-state index contributed by atoms with van der Waals surface area (Å²) in [6.07, 6.45) is 8.63. The Bertz CT molecular complexity index is 1520. The molecule has 0 fully saturated rings. The van der Waals surface area contributed by atoms with Gasteiger partial charge in [0.25, 0.3) is 0 Å². The van der Waals surface area contributed by atoms with Gasteiger partial charge in [-0.1, -0.05) is 0 Å². The van der Waals surface area contributed by atoms with Gasteiger partial charge < -0.3 is 4.98 Å². The number of pyridine rings is 3. The molecular weight excluding hydrogens is 401 g/mol. The molecule has 2 N–H and O–H groups in total. The van der Waals surface area contributed by atoms with Crippen molar-refractivity contribution in [2.45, 2.75) is 0 Å². The normalized spacial score (nSPS) is 11.5. The smallest absolute Gasteiger partial charge is 0.176 e. The first-order valence-corrected chi connectivity index (χ1v) is 9.92. The Kier molecular flexibility index (Phi) is 3.68. The van der Waals surface area contributed by atoms with Gasteiger partial charge in [-0.2, -0.15) is 9.49 Å². The summed E-state index contributed by atoms with van der Waals surface area (Å²) >= 11 is 1.07. The summed E-state index contributed by atoms with van der Waals surface area (Å²) in [6.45, 7) is 0. The summed E-state index contributed by atoms with van der Waals surface area (Å²) in [6, 6.07) is 8.98. The van der Waals surface area contributed by atoms with E-state index in [1.807, 2.05) is 18.2 Å². The molecule has 0 atom stereocenters. The molecular formula is C21H12FN7S. The lowest BCUT2D eigenvalue weighted by Crippen LogP contribution is -1.85. The maximum Gasteiger partial charge on any atom is 0.176 e. The minimum absolute atomic E-state index is 0.243. The summed E-state index contributed by atoms with van der Waals surface area (Å²) in [5.41, 5.74) is 5.54. The van der Waals surface area contributed by atoms with Gasteiger partial charge in [0.1, 0.15) is 11.2 Å². The third kappa shape index (κ3) is 2.67. The van der Waals surface area contributed by atoms with E-state index in [0.29, 0.717) is 11.5 Å². The van der Waals surface area contributed by atoms with E-state index in [0.717, 1.165) is 55.0 Å². The molecule has 0 aliphatic rings. The second-order valence-corrected chi connectivity index (χ2v) is 7.73. The Morgan fingerprint density at radius 2 is 1.83 bits per heavy atom. The van der Waals surface area contributed by atoms with Gasteiger partial charge in [-0.15, -0.1) is 11.3 Å². The summed E-state index contributed by atoms with van der Waals surface area (Å²) in [5, 5.41) is 8.12. The van der Waals surface area contributed by atoms with Gasteiger partial charge in [-0.25, -0.2) is 4.98 Å². The molecule has 0 aromatic carbocycles. The van der Waals surface area contributed by atoms with Crippen molar-refractivity contribution in [2.24, 2.45) is 0 Å². The van der Waals surface area contributed by atoms with E-state index in [1.54, 1.807) is 37.1 Å². The minimum atomic E-state index is -0.243. The molecule has 7 nitrogen and oxygen atoms in total. The van der Waals surface area contributed by atoms with Crippen molar-refractivity contribution in [3.63, 3.8) is 0 Å². The number of hydrogen-bond acceptors (Lipinski definition) is 6. The predicted octanol–water partition coefficient (Wildman–Crippen LogP) is 4.83. The van der Waals surface area contributed by atoms with E-state index in [-0.39, 0.29) is 5.13 Å². The highest BCUT2D eigenvalue weighted by molar-refractivity contribution is 7.14. The Labute approximate surface area is 172 Å². The molecule has 0 spiro atoms. The standard InChI is InChI=1S/C21H12FN7S/c22-18-2-1-17(30-18)13-8-24-9-16-19(13)27-21(26-16)20-12-7-14(11-3-5-23-6-4-11)25-10-15(12)28-29-20/h1-10H,(H,26,27)(H,28,29). The zero-order valence-corrected chi connectivity index (χ0v) is 16.1. The van der Waals surface area contributed by atoms with E-state index in [9.17, 15) is 4.39 Å². The molecule has 6 heterocycles. The highest BCUT2D eigenvalue weighted by Gasteiger charge is 2.17. The Balaban J connectivity index is 1.52. The molecule has 0 saturated heterocycles. The Morgan fingerprint density at radius 3 is 2.67 bits per heavy atom. The van der Waals surface area contributed by atoms with Gasteiger partial charge in [0, 0.05) is 40.0 Å². The van der Waals surface area contributed by atoms with Crippen LogP contribution in [0, 0.1) is 5.13 Å². The van der Waals surface area contributed by atoms with Crippen molar-refractivity contribution in [3.05, 3.63) is 66.4 Å². The van der Waals surface area contributed by atoms with Crippen molar-refractivity contribution in [3.8, 4) is 33.2 Å². The molecule has 0 unspecified atom stereocenters. The molecule has 0 amide bonds. The Morgan fingerprint density at radius 1 is 0.933 bits per heavy atom. The van der Waals surface area contributed by atoms with Crippen molar-refractivity contribution in [1.82, 2.24) is 35.1 Å². The fourth-order valence-corrected chi connectivity index (χ4v) is 4.20. The lowest BCUT2D eigenvalue weighted by molar-refractivity contribution is 0.657. The summed E-state index contributed by atoms with van der Waals surface area (Å²) in [7, 11) is 0. The molecule has 6 aromatic rings. The third-order valence-corrected chi connectivity index (χ3v) is 5.79. The number of aromatic amines is 2. The number of imidazole rings is 1. The first-order chi connectivity index (χ1) is 14.8. The first kappa shape index (κ1) is 16.9. The van der Waals surface area contributed by atoms with Crippen molar-refractivity contribution >= 4 is 33.3 Å². The number of H-pyrrole nitrogens is 2. The number of halogens is 1. The number of rotatable bonds is 3. The number of aromatic nitrogens is 7. The first-order valence-electron chi connectivity index (χ1n) is 9.10. The van der Waals surface area contributed by atoms with Crippen LogP contribution >= 0.6 is 11.3 Å². The van der Waals surface area contributed by atoms with Gasteiger partial charge >= 0.3 is 0 Å². The average Bonchev–Trinajstić information content (AvgIpc) is 3.51. The number of thiophene rings is 1. The zero-order valence-electron chi connectivity index (χ0n) is 15.3. The molecule has 0 radical (unpaired) electrons. The largest absolute Gasteiger partial charge is 0.335 e. The zero-order chi connectivity index (χ0) is 20.1. The summed E-state index contributed by atoms with van der Waals surface area (Å²) in [5.74, 6) is 0.606. The molecule has 9 heteroatoms. The van der Waals surface area contributed by atoms with Crippen LogP contribution in [0.2, 0.25) is 0 Å². The van der Waals surface area contributed by atoms with Crippen molar-refractivity contribution < 1.29 is 4.39 Å².